The fraction of sp³-hybridized carbons (Fsp3) is 0.441. The van der Waals surface area contributed by atoms with Crippen LogP contribution in [0.15, 0.2) is 78.8 Å². The average Bonchev–Trinajstić information content (AvgIpc) is 3.53. The molecule has 0 aliphatic carbocycles. The first-order chi connectivity index (χ1) is 21.3. The molecule has 1 aromatic rings. The standard InChI is InChI=1S/C34H44N4O7/c1-8-9-14-26(44-33(42)38-21-20-35-23-38)15-12-19-36-31(40)30(34(4,5)6)37-29(39)16-11-10-13-24(2)22-25(3)27-17-18-28(43-7)32(41)45-27/h10-13,16,18-23,25-27,30H,14-15,17H2,1-7H3,(H,36,40)(H,37,39). The highest BCUT2D eigenvalue weighted by atomic mass is 16.6. The molecule has 1 aliphatic rings. The molecule has 0 radical (unpaired) electrons. The SMILES string of the molecule is CC#CCC(CC=CNC(=O)C(NC(=O)C=CC=CC(C)=CC(C)C1CC=C(OC)C(=O)O1)C(C)(C)C)OC(=O)n1ccnc1. The number of cyclic esters (lactones) is 1. The molecule has 0 saturated carbocycles. The van der Waals surface area contributed by atoms with Gasteiger partial charge in [-0.3, -0.25) is 9.59 Å². The molecular weight excluding hydrogens is 576 g/mol. The van der Waals surface area contributed by atoms with Crippen LogP contribution in [0.5, 0.6) is 0 Å². The smallest absolute Gasteiger partial charge is 0.419 e. The van der Waals surface area contributed by atoms with Gasteiger partial charge in [0.25, 0.3) is 0 Å². The van der Waals surface area contributed by atoms with Crippen LogP contribution in [-0.2, 0) is 28.6 Å². The van der Waals surface area contributed by atoms with Crippen LogP contribution in [0.4, 0.5) is 4.79 Å². The van der Waals surface area contributed by atoms with Crippen molar-refractivity contribution in [1.29, 1.82) is 0 Å². The zero-order valence-electron chi connectivity index (χ0n) is 27.0. The molecule has 45 heavy (non-hydrogen) atoms. The summed E-state index contributed by atoms with van der Waals surface area (Å²) in [7, 11) is 1.44. The summed E-state index contributed by atoms with van der Waals surface area (Å²) in [5.74, 6) is 4.61. The lowest BCUT2D eigenvalue weighted by atomic mass is 9.86. The predicted octanol–water partition coefficient (Wildman–Crippen LogP) is 4.74. The van der Waals surface area contributed by atoms with E-state index in [4.69, 9.17) is 14.2 Å². The Morgan fingerprint density at radius 1 is 1.24 bits per heavy atom. The van der Waals surface area contributed by atoms with Gasteiger partial charge in [0.05, 0.1) is 7.11 Å². The van der Waals surface area contributed by atoms with E-state index >= 15 is 0 Å². The van der Waals surface area contributed by atoms with Crippen LogP contribution >= 0.6 is 0 Å². The minimum absolute atomic E-state index is 0.0195. The lowest BCUT2D eigenvalue weighted by Crippen LogP contribution is -2.52. The molecule has 2 rings (SSSR count). The summed E-state index contributed by atoms with van der Waals surface area (Å²) >= 11 is 0. The molecule has 0 bridgehead atoms. The van der Waals surface area contributed by atoms with Crippen LogP contribution in [0.2, 0.25) is 0 Å². The van der Waals surface area contributed by atoms with Gasteiger partial charge in [-0.2, -0.15) is 0 Å². The van der Waals surface area contributed by atoms with Gasteiger partial charge in [0.15, 0.2) is 5.76 Å². The van der Waals surface area contributed by atoms with Crippen molar-refractivity contribution in [2.75, 3.05) is 7.11 Å². The van der Waals surface area contributed by atoms with E-state index in [2.05, 4.69) is 27.5 Å². The molecule has 0 aromatic carbocycles. The van der Waals surface area contributed by atoms with Crippen molar-refractivity contribution in [1.82, 2.24) is 20.2 Å². The molecule has 1 aliphatic heterocycles. The number of nitrogens with zero attached hydrogens (tertiary/aromatic N) is 2. The van der Waals surface area contributed by atoms with E-state index in [1.165, 1.54) is 42.7 Å². The molecular formula is C34H44N4O7. The minimum atomic E-state index is -0.822. The molecule has 4 atom stereocenters. The number of esters is 1. The topological polar surface area (TPSA) is 138 Å². The number of methoxy groups -OCH3 is 1. The van der Waals surface area contributed by atoms with Gasteiger partial charge in [0.1, 0.15) is 24.6 Å². The van der Waals surface area contributed by atoms with E-state index in [1.807, 2.05) is 46.8 Å². The van der Waals surface area contributed by atoms with Crippen molar-refractivity contribution in [3.05, 3.63) is 78.8 Å². The summed E-state index contributed by atoms with van der Waals surface area (Å²) in [6.45, 7) is 11.1. The number of carbonyl (C=O) groups is 4. The number of aromatic nitrogens is 2. The number of carbonyl (C=O) groups excluding carboxylic acids is 4. The van der Waals surface area contributed by atoms with Crippen LogP contribution in [0, 0.1) is 23.2 Å². The highest BCUT2D eigenvalue weighted by Gasteiger charge is 2.32. The average molecular weight is 621 g/mol. The van der Waals surface area contributed by atoms with Crippen LogP contribution < -0.4 is 10.6 Å². The predicted molar refractivity (Wildman–Crippen MR) is 170 cm³/mol. The molecule has 2 N–H and O–H groups in total. The Hall–Kier alpha value is -4.85. The number of nitrogens with one attached hydrogen (secondary N) is 2. The van der Waals surface area contributed by atoms with Crippen LogP contribution in [0.3, 0.4) is 0 Å². The van der Waals surface area contributed by atoms with E-state index in [1.54, 1.807) is 31.2 Å². The second-order valence-electron chi connectivity index (χ2n) is 11.5. The Bertz CT molecular complexity index is 1390. The fourth-order valence-corrected chi connectivity index (χ4v) is 4.24. The summed E-state index contributed by atoms with van der Waals surface area (Å²) < 4.78 is 17.2. The van der Waals surface area contributed by atoms with E-state index in [9.17, 15) is 19.2 Å². The lowest BCUT2D eigenvalue weighted by Gasteiger charge is -2.29. The first-order valence-corrected chi connectivity index (χ1v) is 14.7. The van der Waals surface area contributed by atoms with Crippen LogP contribution in [-0.4, -0.2) is 58.8 Å². The highest BCUT2D eigenvalue weighted by Crippen LogP contribution is 2.23. The molecule has 0 spiro atoms. The van der Waals surface area contributed by atoms with Crippen molar-refractivity contribution in [2.24, 2.45) is 11.3 Å². The highest BCUT2D eigenvalue weighted by molar-refractivity contribution is 5.93. The van der Waals surface area contributed by atoms with Gasteiger partial charge in [-0.05, 0) is 31.5 Å². The number of allylic oxidation sites excluding steroid dienone is 4. The third kappa shape index (κ3) is 12.7. The first-order valence-electron chi connectivity index (χ1n) is 14.7. The van der Waals surface area contributed by atoms with Gasteiger partial charge in [-0.15, -0.1) is 5.92 Å². The monoisotopic (exact) mass is 620 g/mol. The molecule has 2 heterocycles. The van der Waals surface area contributed by atoms with Crippen molar-refractivity contribution in [2.45, 2.75) is 79.1 Å². The summed E-state index contributed by atoms with van der Waals surface area (Å²) in [5.41, 5.74) is 0.359. The van der Waals surface area contributed by atoms with E-state index in [0.717, 1.165) is 5.57 Å². The van der Waals surface area contributed by atoms with Crippen molar-refractivity contribution >= 4 is 23.9 Å². The minimum Gasteiger partial charge on any atom is -0.490 e. The molecule has 242 valence electrons. The van der Waals surface area contributed by atoms with Gasteiger partial charge in [-0.25, -0.2) is 19.1 Å². The molecule has 1 aromatic heterocycles. The Morgan fingerprint density at radius 2 is 1.98 bits per heavy atom. The fourth-order valence-electron chi connectivity index (χ4n) is 4.24. The molecule has 11 nitrogen and oxygen atoms in total. The Labute approximate surface area is 265 Å². The number of imidazole rings is 1. The van der Waals surface area contributed by atoms with Gasteiger partial charge >= 0.3 is 12.1 Å². The Morgan fingerprint density at radius 3 is 2.60 bits per heavy atom. The van der Waals surface area contributed by atoms with Gasteiger partial charge < -0.3 is 24.8 Å². The molecule has 2 amide bonds. The molecule has 0 saturated heterocycles. The van der Waals surface area contributed by atoms with Crippen molar-refractivity contribution in [3.8, 4) is 11.8 Å². The summed E-state index contributed by atoms with van der Waals surface area (Å²) in [6.07, 6.45) is 17.5. The van der Waals surface area contributed by atoms with Crippen molar-refractivity contribution in [3.63, 3.8) is 0 Å². The van der Waals surface area contributed by atoms with Crippen LogP contribution in [0.1, 0.15) is 60.8 Å². The number of hydrogen-bond donors (Lipinski definition) is 2. The maximum atomic E-state index is 13.0. The number of rotatable bonds is 13. The largest absolute Gasteiger partial charge is 0.490 e. The normalized spacial score (nSPS) is 17.6. The summed E-state index contributed by atoms with van der Waals surface area (Å²) in [6, 6.07) is -0.822. The third-order valence-electron chi connectivity index (χ3n) is 6.69. The second-order valence-corrected chi connectivity index (χ2v) is 11.5. The van der Waals surface area contributed by atoms with Crippen LogP contribution in [0.25, 0.3) is 0 Å². The van der Waals surface area contributed by atoms with Gasteiger partial charge in [-0.1, -0.05) is 69.6 Å². The van der Waals surface area contributed by atoms with Gasteiger partial charge in [0, 0.05) is 43.7 Å². The molecule has 0 fully saturated rings. The Balaban J connectivity index is 1.91. The number of amides is 2. The second kappa shape index (κ2) is 18.1. The molecule has 4 unspecified atom stereocenters. The lowest BCUT2D eigenvalue weighted by molar-refractivity contribution is -0.151. The van der Waals surface area contributed by atoms with Crippen molar-refractivity contribution < 1.29 is 33.4 Å². The zero-order valence-corrected chi connectivity index (χ0v) is 27.0. The van der Waals surface area contributed by atoms with E-state index in [-0.39, 0.29) is 23.7 Å². The van der Waals surface area contributed by atoms with Gasteiger partial charge in [0.2, 0.25) is 11.8 Å². The maximum absolute atomic E-state index is 13.0. The van der Waals surface area contributed by atoms with E-state index < -0.39 is 35.5 Å². The number of ether oxygens (including phenoxy) is 3. The third-order valence-corrected chi connectivity index (χ3v) is 6.69. The number of hydrogen-bond acceptors (Lipinski definition) is 8. The summed E-state index contributed by atoms with van der Waals surface area (Å²) in [5, 5.41) is 5.48. The summed E-state index contributed by atoms with van der Waals surface area (Å²) in [4.78, 5) is 53.7. The quantitative estimate of drug-likeness (QED) is 0.140. The maximum Gasteiger partial charge on any atom is 0.419 e. The first kappa shape index (κ1) is 36.3. The Kier molecular flexibility index (Phi) is 14.6. The molecule has 11 heteroatoms. The van der Waals surface area contributed by atoms with E-state index in [0.29, 0.717) is 19.3 Å². The zero-order chi connectivity index (χ0) is 33.4.